The maximum absolute atomic E-state index is 12.6. The number of hydrogen-bond acceptors (Lipinski definition) is 3. The van der Waals surface area contributed by atoms with Crippen LogP contribution in [0.25, 0.3) is 0 Å². The summed E-state index contributed by atoms with van der Waals surface area (Å²) < 4.78 is 0. The summed E-state index contributed by atoms with van der Waals surface area (Å²) in [5.41, 5.74) is 5.80. The summed E-state index contributed by atoms with van der Waals surface area (Å²) >= 11 is 0. The van der Waals surface area contributed by atoms with Crippen LogP contribution in [-0.2, 0) is 9.59 Å². The predicted octanol–water partition coefficient (Wildman–Crippen LogP) is 0.441. The molecule has 0 radical (unpaired) electrons. The number of carbonyl (C=O) groups is 2. The average molecular weight is 267 g/mol. The highest BCUT2D eigenvalue weighted by Crippen LogP contribution is 2.26. The first kappa shape index (κ1) is 14.3. The molecule has 5 heteroatoms. The molecule has 2 fully saturated rings. The summed E-state index contributed by atoms with van der Waals surface area (Å²) in [5.74, 6) is 0.728. The summed E-state index contributed by atoms with van der Waals surface area (Å²) in [4.78, 5) is 28.0. The summed E-state index contributed by atoms with van der Waals surface area (Å²) in [6.45, 7) is 4.22. The third-order valence-corrected chi connectivity index (χ3v) is 4.54. The Hall–Kier alpha value is -1.10. The Bertz CT molecular complexity index is 359. The van der Waals surface area contributed by atoms with Gasteiger partial charge in [-0.25, -0.2) is 0 Å². The SMILES string of the molecule is CC1CCN(C(=O)C2CCN(C)C(=O)C2)C(CN)C1. The van der Waals surface area contributed by atoms with Crippen LogP contribution in [0.5, 0.6) is 0 Å². The van der Waals surface area contributed by atoms with Crippen LogP contribution in [-0.4, -0.2) is 54.3 Å². The van der Waals surface area contributed by atoms with E-state index in [1.165, 1.54) is 0 Å². The molecule has 19 heavy (non-hydrogen) atoms. The number of piperidine rings is 2. The summed E-state index contributed by atoms with van der Waals surface area (Å²) in [6.07, 6.45) is 3.18. The van der Waals surface area contributed by atoms with Crippen LogP contribution >= 0.6 is 0 Å². The lowest BCUT2D eigenvalue weighted by atomic mass is 9.89. The average Bonchev–Trinajstić information content (AvgIpc) is 2.41. The van der Waals surface area contributed by atoms with Crippen LogP contribution in [0.1, 0.15) is 32.6 Å². The zero-order valence-corrected chi connectivity index (χ0v) is 12.0. The molecule has 2 N–H and O–H groups in total. The number of nitrogens with two attached hydrogens (primary N) is 1. The first-order chi connectivity index (χ1) is 9.02. The van der Waals surface area contributed by atoms with E-state index in [0.29, 0.717) is 25.4 Å². The van der Waals surface area contributed by atoms with Crippen molar-refractivity contribution in [2.24, 2.45) is 17.6 Å². The van der Waals surface area contributed by atoms with E-state index in [2.05, 4.69) is 6.92 Å². The van der Waals surface area contributed by atoms with Gasteiger partial charge in [0.1, 0.15) is 0 Å². The van der Waals surface area contributed by atoms with Gasteiger partial charge in [0.15, 0.2) is 0 Å². The van der Waals surface area contributed by atoms with Gasteiger partial charge in [-0.3, -0.25) is 9.59 Å². The minimum Gasteiger partial charge on any atom is -0.346 e. The predicted molar refractivity (Wildman–Crippen MR) is 73.3 cm³/mol. The Morgan fingerprint density at radius 2 is 2.11 bits per heavy atom. The Morgan fingerprint density at radius 1 is 1.37 bits per heavy atom. The number of likely N-dealkylation sites (tertiary alicyclic amines) is 2. The molecule has 2 amide bonds. The molecule has 0 aromatic heterocycles. The molecule has 108 valence electrons. The highest BCUT2D eigenvalue weighted by Gasteiger charge is 2.36. The van der Waals surface area contributed by atoms with Crippen LogP contribution in [0.15, 0.2) is 0 Å². The fourth-order valence-electron chi connectivity index (χ4n) is 3.15. The highest BCUT2D eigenvalue weighted by atomic mass is 16.2. The van der Waals surface area contributed by atoms with Crippen molar-refractivity contribution < 1.29 is 9.59 Å². The van der Waals surface area contributed by atoms with Crippen molar-refractivity contribution in [3.05, 3.63) is 0 Å². The van der Waals surface area contributed by atoms with Gasteiger partial charge in [0.05, 0.1) is 0 Å². The van der Waals surface area contributed by atoms with Gasteiger partial charge >= 0.3 is 0 Å². The molecule has 0 aromatic carbocycles. The molecule has 0 bridgehead atoms. The third kappa shape index (κ3) is 3.08. The molecular weight excluding hydrogens is 242 g/mol. The van der Waals surface area contributed by atoms with Crippen LogP contribution in [0, 0.1) is 11.8 Å². The highest BCUT2D eigenvalue weighted by molar-refractivity contribution is 5.87. The minimum absolute atomic E-state index is 0.0827. The van der Waals surface area contributed by atoms with Crippen LogP contribution in [0.4, 0.5) is 0 Å². The Labute approximate surface area is 115 Å². The molecule has 3 atom stereocenters. The van der Waals surface area contributed by atoms with Crippen molar-refractivity contribution in [3.8, 4) is 0 Å². The molecule has 2 saturated heterocycles. The van der Waals surface area contributed by atoms with Gasteiger partial charge in [-0.1, -0.05) is 6.92 Å². The summed E-state index contributed by atoms with van der Waals surface area (Å²) in [7, 11) is 1.80. The number of nitrogens with zero attached hydrogens (tertiary/aromatic N) is 2. The zero-order valence-electron chi connectivity index (χ0n) is 12.0. The van der Waals surface area contributed by atoms with Crippen molar-refractivity contribution in [1.29, 1.82) is 0 Å². The molecule has 2 rings (SSSR count). The number of amides is 2. The van der Waals surface area contributed by atoms with E-state index in [1.54, 1.807) is 11.9 Å². The van der Waals surface area contributed by atoms with E-state index in [0.717, 1.165) is 25.8 Å². The molecule has 0 saturated carbocycles. The normalized spacial score (nSPS) is 32.6. The molecule has 2 aliphatic rings. The number of rotatable bonds is 2. The maximum atomic E-state index is 12.6. The molecule has 2 heterocycles. The topological polar surface area (TPSA) is 66.6 Å². The monoisotopic (exact) mass is 267 g/mol. The zero-order chi connectivity index (χ0) is 14.0. The van der Waals surface area contributed by atoms with Gasteiger partial charge in [-0.15, -0.1) is 0 Å². The van der Waals surface area contributed by atoms with Gasteiger partial charge in [-0.05, 0) is 25.2 Å². The first-order valence-electron chi connectivity index (χ1n) is 7.27. The quantitative estimate of drug-likeness (QED) is 0.789. The fourth-order valence-corrected chi connectivity index (χ4v) is 3.15. The van der Waals surface area contributed by atoms with Gasteiger partial charge in [0.25, 0.3) is 0 Å². The largest absolute Gasteiger partial charge is 0.346 e. The second kappa shape index (κ2) is 5.90. The van der Waals surface area contributed by atoms with Gasteiger partial charge in [0, 0.05) is 45.1 Å². The van der Waals surface area contributed by atoms with Gasteiger partial charge in [0.2, 0.25) is 11.8 Å². The van der Waals surface area contributed by atoms with E-state index in [-0.39, 0.29) is 23.8 Å². The molecule has 0 aliphatic carbocycles. The Kier molecular flexibility index (Phi) is 4.45. The second-order valence-electron chi connectivity index (χ2n) is 6.06. The smallest absolute Gasteiger partial charge is 0.226 e. The van der Waals surface area contributed by atoms with Crippen molar-refractivity contribution in [3.63, 3.8) is 0 Å². The van der Waals surface area contributed by atoms with Crippen molar-refractivity contribution in [1.82, 2.24) is 9.80 Å². The van der Waals surface area contributed by atoms with Crippen molar-refractivity contribution >= 4 is 11.8 Å². The lowest BCUT2D eigenvalue weighted by Gasteiger charge is -2.41. The lowest BCUT2D eigenvalue weighted by Crippen LogP contribution is -2.52. The maximum Gasteiger partial charge on any atom is 0.226 e. The van der Waals surface area contributed by atoms with Crippen molar-refractivity contribution in [2.75, 3.05) is 26.7 Å². The molecule has 3 unspecified atom stereocenters. The Balaban J connectivity index is 2.00. The van der Waals surface area contributed by atoms with E-state index >= 15 is 0 Å². The Morgan fingerprint density at radius 3 is 2.74 bits per heavy atom. The number of hydrogen-bond donors (Lipinski definition) is 1. The fraction of sp³-hybridized carbons (Fsp3) is 0.857. The van der Waals surface area contributed by atoms with E-state index in [9.17, 15) is 9.59 Å². The summed E-state index contributed by atoms with van der Waals surface area (Å²) in [5, 5.41) is 0. The van der Waals surface area contributed by atoms with Crippen LogP contribution in [0.3, 0.4) is 0 Å². The first-order valence-corrected chi connectivity index (χ1v) is 7.27. The van der Waals surface area contributed by atoms with E-state index in [1.807, 2.05) is 4.90 Å². The summed E-state index contributed by atoms with van der Waals surface area (Å²) in [6, 6.07) is 0.158. The molecule has 0 spiro atoms. The molecule has 2 aliphatic heterocycles. The molecule has 5 nitrogen and oxygen atoms in total. The lowest BCUT2D eigenvalue weighted by molar-refractivity contribution is -0.147. The minimum atomic E-state index is -0.133. The third-order valence-electron chi connectivity index (χ3n) is 4.54. The van der Waals surface area contributed by atoms with Crippen LogP contribution < -0.4 is 5.73 Å². The van der Waals surface area contributed by atoms with Crippen LogP contribution in [0.2, 0.25) is 0 Å². The number of carbonyl (C=O) groups excluding carboxylic acids is 2. The molecule has 0 aromatic rings. The standard InChI is InChI=1S/C14H25N3O2/c1-10-3-6-17(12(7-10)9-15)14(19)11-4-5-16(2)13(18)8-11/h10-12H,3-9,15H2,1-2H3. The van der Waals surface area contributed by atoms with E-state index < -0.39 is 0 Å². The van der Waals surface area contributed by atoms with Gasteiger partial charge in [-0.2, -0.15) is 0 Å². The second-order valence-corrected chi connectivity index (χ2v) is 6.06. The van der Waals surface area contributed by atoms with Crippen molar-refractivity contribution in [2.45, 2.75) is 38.6 Å². The van der Waals surface area contributed by atoms with E-state index in [4.69, 9.17) is 5.73 Å². The van der Waals surface area contributed by atoms with Gasteiger partial charge < -0.3 is 15.5 Å². The molecular formula is C14H25N3O2.